The summed E-state index contributed by atoms with van der Waals surface area (Å²) < 4.78 is 26.6. The zero-order chi connectivity index (χ0) is 12.3. The van der Waals surface area contributed by atoms with E-state index in [0.29, 0.717) is 0 Å². The molecule has 0 heterocycles. The summed E-state index contributed by atoms with van der Waals surface area (Å²) in [7, 11) is 0. The van der Waals surface area contributed by atoms with E-state index in [4.69, 9.17) is 5.11 Å². The number of carboxylic acids is 1. The zero-order valence-corrected chi connectivity index (χ0v) is 8.68. The molecule has 16 heavy (non-hydrogen) atoms. The predicted octanol–water partition coefficient (Wildman–Crippen LogP) is 2.33. The Hall–Kier alpha value is -1.91. The zero-order valence-electron chi connectivity index (χ0n) is 8.68. The van der Waals surface area contributed by atoms with Gasteiger partial charge in [0.15, 0.2) is 5.82 Å². The number of benzene rings is 1. The smallest absolute Gasteiger partial charge is 0.332 e. The van der Waals surface area contributed by atoms with E-state index >= 15 is 0 Å². The second-order valence-corrected chi connectivity index (χ2v) is 3.32. The van der Waals surface area contributed by atoms with Gasteiger partial charge in [0.05, 0.1) is 0 Å². The minimum absolute atomic E-state index is 0.166. The van der Waals surface area contributed by atoms with Crippen molar-refractivity contribution in [2.24, 2.45) is 0 Å². The van der Waals surface area contributed by atoms with Crippen molar-refractivity contribution in [2.75, 3.05) is 11.9 Å². The highest BCUT2D eigenvalue weighted by Gasteiger charge is 2.12. The van der Waals surface area contributed by atoms with Crippen LogP contribution in [0.25, 0.3) is 0 Å². The fraction of sp³-hybridized carbons (Fsp3) is 0.182. The van der Waals surface area contributed by atoms with Crippen molar-refractivity contribution < 1.29 is 18.7 Å². The van der Waals surface area contributed by atoms with E-state index in [-0.39, 0.29) is 23.4 Å². The number of anilines is 1. The molecule has 0 radical (unpaired) electrons. The molecule has 0 fully saturated rings. The molecule has 0 aromatic heterocycles. The molecule has 2 N–H and O–H groups in total. The highest BCUT2D eigenvalue weighted by molar-refractivity contribution is 5.86. The number of hydrogen-bond acceptors (Lipinski definition) is 2. The molecule has 0 saturated carbocycles. The topological polar surface area (TPSA) is 49.3 Å². The summed E-state index contributed by atoms with van der Waals surface area (Å²) in [5.74, 6) is -2.69. The van der Waals surface area contributed by atoms with E-state index < -0.39 is 17.6 Å². The monoisotopic (exact) mass is 227 g/mol. The van der Waals surface area contributed by atoms with E-state index in [9.17, 15) is 13.6 Å². The molecule has 86 valence electrons. The van der Waals surface area contributed by atoms with Gasteiger partial charge in [0.25, 0.3) is 0 Å². The van der Waals surface area contributed by atoms with Crippen molar-refractivity contribution in [3.63, 3.8) is 0 Å². The third-order valence-electron chi connectivity index (χ3n) is 2.07. The first-order valence-corrected chi connectivity index (χ1v) is 4.53. The summed E-state index contributed by atoms with van der Waals surface area (Å²) in [6, 6.07) is 2.42. The van der Waals surface area contributed by atoms with Crippen LogP contribution in [0.5, 0.6) is 0 Å². The van der Waals surface area contributed by atoms with E-state index in [1.807, 2.05) is 0 Å². The standard InChI is InChI=1S/C11H11F2NO2/c1-6-3-4-8(12)10(9(6)13)14-5-7(2)11(15)16/h3-4,14H,2,5H2,1H3,(H,15,16). The number of aryl methyl sites for hydroxylation is 1. The number of halogens is 2. The Morgan fingerprint density at radius 3 is 2.69 bits per heavy atom. The van der Waals surface area contributed by atoms with Gasteiger partial charge in [0.2, 0.25) is 0 Å². The quantitative estimate of drug-likeness (QED) is 0.776. The third kappa shape index (κ3) is 2.56. The Morgan fingerprint density at radius 2 is 2.12 bits per heavy atom. The Balaban J connectivity index is 2.85. The molecular formula is C11H11F2NO2. The Kier molecular flexibility index (Phi) is 3.60. The lowest BCUT2D eigenvalue weighted by Gasteiger charge is -2.09. The highest BCUT2D eigenvalue weighted by Crippen LogP contribution is 2.21. The van der Waals surface area contributed by atoms with Gasteiger partial charge < -0.3 is 10.4 Å². The maximum absolute atomic E-state index is 13.4. The molecule has 0 aliphatic rings. The first-order valence-electron chi connectivity index (χ1n) is 4.53. The van der Waals surface area contributed by atoms with E-state index in [0.717, 1.165) is 6.07 Å². The number of hydrogen-bond donors (Lipinski definition) is 2. The van der Waals surface area contributed by atoms with E-state index in [1.54, 1.807) is 0 Å². The van der Waals surface area contributed by atoms with Crippen LogP contribution in [0, 0.1) is 18.6 Å². The second kappa shape index (κ2) is 4.74. The first-order chi connectivity index (χ1) is 7.43. The van der Waals surface area contributed by atoms with Crippen molar-refractivity contribution in [2.45, 2.75) is 6.92 Å². The van der Waals surface area contributed by atoms with Crippen LogP contribution in [0.15, 0.2) is 24.3 Å². The summed E-state index contributed by atoms with van der Waals surface area (Å²) >= 11 is 0. The van der Waals surface area contributed by atoms with Gasteiger partial charge in [0, 0.05) is 12.1 Å². The van der Waals surface area contributed by atoms with Crippen molar-refractivity contribution in [1.29, 1.82) is 0 Å². The molecule has 0 atom stereocenters. The van der Waals surface area contributed by atoms with Gasteiger partial charge in [-0.2, -0.15) is 0 Å². The number of rotatable bonds is 4. The fourth-order valence-electron chi connectivity index (χ4n) is 1.09. The average Bonchev–Trinajstić information content (AvgIpc) is 2.23. The number of aliphatic carboxylic acids is 1. The van der Waals surface area contributed by atoms with Crippen molar-refractivity contribution in [3.8, 4) is 0 Å². The maximum atomic E-state index is 13.4. The molecule has 0 unspecified atom stereocenters. The predicted molar refractivity (Wildman–Crippen MR) is 56.4 cm³/mol. The maximum Gasteiger partial charge on any atom is 0.332 e. The van der Waals surface area contributed by atoms with Crippen LogP contribution in [0.1, 0.15) is 5.56 Å². The molecule has 3 nitrogen and oxygen atoms in total. The van der Waals surface area contributed by atoms with Crippen molar-refractivity contribution in [3.05, 3.63) is 41.5 Å². The van der Waals surface area contributed by atoms with Crippen LogP contribution in [-0.4, -0.2) is 17.6 Å². The van der Waals surface area contributed by atoms with E-state index in [2.05, 4.69) is 11.9 Å². The number of nitrogens with one attached hydrogen (secondary N) is 1. The highest BCUT2D eigenvalue weighted by atomic mass is 19.1. The Morgan fingerprint density at radius 1 is 1.50 bits per heavy atom. The van der Waals surface area contributed by atoms with Gasteiger partial charge in [-0.3, -0.25) is 0 Å². The normalized spacial score (nSPS) is 9.94. The first kappa shape index (κ1) is 12.2. The van der Waals surface area contributed by atoms with Gasteiger partial charge in [-0.15, -0.1) is 0 Å². The third-order valence-corrected chi connectivity index (χ3v) is 2.07. The molecule has 0 aliphatic carbocycles. The Bertz CT molecular complexity index is 444. The van der Waals surface area contributed by atoms with Crippen LogP contribution in [-0.2, 0) is 4.79 Å². The summed E-state index contributed by atoms with van der Waals surface area (Å²) in [5.41, 5.74) is -0.215. The molecule has 1 aromatic carbocycles. The minimum Gasteiger partial charge on any atom is -0.478 e. The van der Waals surface area contributed by atoms with E-state index in [1.165, 1.54) is 13.0 Å². The summed E-state index contributed by atoms with van der Waals surface area (Å²) in [4.78, 5) is 10.4. The van der Waals surface area contributed by atoms with Crippen LogP contribution in [0.3, 0.4) is 0 Å². The molecule has 0 bridgehead atoms. The lowest BCUT2D eigenvalue weighted by molar-refractivity contribution is -0.132. The van der Waals surface area contributed by atoms with Gasteiger partial charge in [-0.1, -0.05) is 12.6 Å². The summed E-state index contributed by atoms with van der Waals surface area (Å²) in [5, 5.41) is 10.9. The Labute approximate surface area is 91.4 Å². The lowest BCUT2D eigenvalue weighted by Crippen LogP contribution is -2.13. The molecule has 1 rings (SSSR count). The lowest BCUT2D eigenvalue weighted by atomic mass is 10.2. The average molecular weight is 227 g/mol. The molecule has 0 saturated heterocycles. The van der Waals surface area contributed by atoms with Crippen LogP contribution >= 0.6 is 0 Å². The SMILES string of the molecule is C=C(CNc1c(F)ccc(C)c1F)C(=O)O. The van der Waals surface area contributed by atoms with Crippen molar-refractivity contribution >= 4 is 11.7 Å². The fourth-order valence-corrected chi connectivity index (χ4v) is 1.09. The molecule has 5 heteroatoms. The van der Waals surface area contributed by atoms with Crippen LogP contribution in [0.4, 0.5) is 14.5 Å². The number of carbonyl (C=O) groups is 1. The van der Waals surface area contributed by atoms with Gasteiger partial charge in [-0.25, -0.2) is 13.6 Å². The van der Waals surface area contributed by atoms with Crippen LogP contribution in [0.2, 0.25) is 0 Å². The minimum atomic E-state index is -1.21. The largest absolute Gasteiger partial charge is 0.478 e. The molecular weight excluding hydrogens is 216 g/mol. The van der Waals surface area contributed by atoms with Gasteiger partial charge in [-0.05, 0) is 18.6 Å². The number of carboxylic acid groups (broad SMARTS) is 1. The molecule has 1 aromatic rings. The molecule has 0 aliphatic heterocycles. The van der Waals surface area contributed by atoms with Crippen molar-refractivity contribution in [1.82, 2.24) is 0 Å². The summed E-state index contributed by atoms with van der Waals surface area (Å²) in [6.07, 6.45) is 0. The molecule has 0 spiro atoms. The van der Waals surface area contributed by atoms with Gasteiger partial charge in [0.1, 0.15) is 11.5 Å². The second-order valence-electron chi connectivity index (χ2n) is 3.32. The van der Waals surface area contributed by atoms with Gasteiger partial charge >= 0.3 is 5.97 Å². The summed E-state index contributed by atoms with van der Waals surface area (Å²) in [6.45, 7) is 4.52. The molecule has 0 amide bonds. The van der Waals surface area contributed by atoms with Crippen LogP contribution < -0.4 is 5.32 Å².